The van der Waals surface area contributed by atoms with Gasteiger partial charge < -0.3 is 10.4 Å². The van der Waals surface area contributed by atoms with Crippen LogP contribution in [0.25, 0.3) is 0 Å². The average molecular weight is 307 g/mol. The van der Waals surface area contributed by atoms with Crippen LogP contribution in [0.15, 0.2) is 23.6 Å². The molecule has 0 unspecified atom stereocenters. The highest BCUT2D eigenvalue weighted by Gasteiger charge is 2.26. The van der Waals surface area contributed by atoms with E-state index in [-0.39, 0.29) is 12.5 Å². The predicted octanol–water partition coefficient (Wildman–Crippen LogP) is 2.15. The highest BCUT2D eigenvalue weighted by molar-refractivity contribution is 7.10. The SMILES string of the molecule is Cc1cc(C)n([C@@H](C)C(=O)NC[C@@](C)(O)c2cccs2)n1. The van der Waals surface area contributed by atoms with Gasteiger partial charge in [-0.3, -0.25) is 9.48 Å². The Balaban J connectivity index is 2.00. The highest BCUT2D eigenvalue weighted by atomic mass is 32.1. The zero-order valence-corrected chi connectivity index (χ0v) is 13.6. The van der Waals surface area contributed by atoms with Crippen LogP contribution in [-0.4, -0.2) is 27.3 Å². The van der Waals surface area contributed by atoms with Crippen LogP contribution in [0.3, 0.4) is 0 Å². The molecule has 2 N–H and O–H groups in total. The molecule has 21 heavy (non-hydrogen) atoms. The van der Waals surface area contributed by atoms with Crippen LogP contribution in [0.1, 0.15) is 36.2 Å². The van der Waals surface area contributed by atoms with Crippen molar-refractivity contribution in [1.82, 2.24) is 15.1 Å². The number of amides is 1. The van der Waals surface area contributed by atoms with Crippen molar-refractivity contribution in [2.75, 3.05) is 6.54 Å². The molecule has 0 saturated carbocycles. The molecule has 2 rings (SSSR count). The van der Waals surface area contributed by atoms with E-state index in [2.05, 4.69) is 10.4 Å². The van der Waals surface area contributed by atoms with Crippen molar-refractivity contribution in [3.8, 4) is 0 Å². The molecule has 0 bridgehead atoms. The third kappa shape index (κ3) is 3.51. The third-order valence-corrected chi connectivity index (χ3v) is 4.57. The van der Waals surface area contributed by atoms with Gasteiger partial charge in [0.15, 0.2) is 0 Å². The van der Waals surface area contributed by atoms with Gasteiger partial charge in [-0.25, -0.2) is 0 Å². The topological polar surface area (TPSA) is 67.2 Å². The van der Waals surface area contributed by atoms with Gasteiger partial charge in [-0.05, 0) is 45.2 Å². The second kappa shape index (κ2) is 5.99. The van der Waals surface area contributed by atoms with Crippen LogP contribution < -0.4 is 5.32 Å². The van der Waals surface area contributed by atoms with Gasteiger partial charge in [0.1, 0.15) is 11.6 Å². The van der Waals surface area contributed by atoms with E-state index < -0.39 is 11.6 Å². The van der Waals surface area contributed by atoms with Crippen LogP contribution in [0, 0.1) is 13.8 Å². The van der Waals surface area contributed by atoms with Gasteiger partial charge in [-0.15, -0.1) is 11.3 Å². The lowest BCUT2D eigenvalue weighted by atomic mass is 10.1. The van der Waals surface area contributed by atoms with Gasteiger partial charge in [0.2, 0.25) is 5.91 Å². The minimum absolute atomic E-state index is 0.155. The Morgan fingerprint density at radius 1 is 1.57 bits per heavy atom. The van der Waals surface area contributed by atoms with Crippen molar-refractivity contribution in [2.45, 2.75) is 39.3 Å². The number of carbonyl (C=O) groups excluding carboxylic acids is 1. The number of hydrogen-bond donors (Lipinski definition) is 2. The van der Waals surface area contributed by atoms with Gasteiger partial charge >= 0.3 is 0 Å². The molecule has 0 spiro atoms. The van der Waals surface area contributed by atoms with Crippen molar-refractivity contribution >= 4 is 17.2 Å². The van der Waals surface area contributed by atoms with E-state index in [1.54, 1.807) is 18.5 Å². The molecule has 2 atom stereocenters. The van der Waals surface area contributed by atoms with Gasteiger partial charge in [0, 0.05) is 10.6 Å². The lowest BCUT2D eigenvalue weighted by molar-refractivity contribution is -0.125. The largest absolute Gasteiger partial charge is 0.383 e. The molecular weight excluding hydrogens is 286 g/mol. The summed E-state index contributed by atoms with van der Waals surface area (Å²) in [6.45, 7) is 7.50. The standard InChI is InChI=1S/C15H21N3O2S/c1-10-8-11(2)18(17-10)12(3)14(19)16-9-15(4,20)13-6-5-7-21-13/h5-8,12,20H,9H2,1-4H3,(H,16,19)/t12-,15+/m0/s1. The van der Waals surface area contributed by atoms with E-state index >= 15 is 0 Å². The lowest BCUT2D eigenvalue weighted by Crippen LogP contribution is -2.41. The zero-order chi connectivity index (χ0) is 15.6. The van der Waals surface area contributed by atoms with Crippen molar-refractivity contribution in [1.29, 1.82) is 0 Å². The second-order valence-electron chi connectivity index (χ2n) is 5.52. The number of aryl methyl sites for hydroxylation is 2. The summed E-state index contributed by atoms with van der Waals surface area (Å²) in [5.74, 6) is -0.155. The monoisotopic (exact) mass is 307 g/mol. The Morgan fingerprint density at radius 3 is 2.81 bits per heavy atom. The second-order valence-corrected chi connectivity index (χ2v) is 6.46. The molecule has 0 aliphatic carbocycles. The van der Waals surface area contributed by atoms with E-state index in [1.807, 2.05) is 37.4 Å². The van der Waals surface area contributed by atoms with Gasteiger partial charge in [-0.1, -0.05) is 6.07 Å². The van der Waals surface area contributed by atoms with E-state index in [9.17, 15) is 9.90 Å². The highest BCUT2D eigenvalue weighted by Crippen LogP contribution is 2.24. The fourth-order valence-corrected chi connectivity index (χ4v) is 3.02. The normalized spacial score (nSPS) is 15.5. The fraction of sp³-hybridized carbons (Fsp3) is 0.467. The summed E-state index contributed by atoms with van der Waals surface area (Å²) < 4.78 is 1.70. The minimum atomic E-state index is -1.06. The first-order valence-electron chi connectivity index (χ1n) is 6.88. The summed E-state index contributed by atoms with van der Waals surface area (Å²) in [5.41, 5.74) is 0.774. The molecule has 0 aromatic carbocycles. The van der Waals surface area contributed by atoms with Crippen LogP contribution in [-0.2, 0) is 10.4 Å². The van der Waals surface area contributed by atoms with E-state index in [0.29, 0.717) is 0 Å². The fourth-order valence-electron chi connectivity index (χ4n) is 2.23. The molecule has 1 amide bonds. The Morgan fingerprint density at radius 2 is 2.29 bits per heavy atom. The van der Waals surface area contributed by atoms with E-state index in [4.69, 9.17) is 0 Å². The first-order valence-corrected chi connectivity index (χ1v) is 7.76. The first-order chi connectivity index (χ1) is 9.81. The Kier molecular flexibility index (Phi) is 4.49. The molecule has 0 aliphatic heterocycles. The number of thiophene rings is 1. The molecule has 2 aromatic rings. The Hall–Kier alpha value is -1.66. The maximum Gasteiger partial charge on any atom is 0.244 e. The number of aromatic nitrogens is 2. The number of rotatable bonds is 5. The number of nitrogens with one attached hydrogen (secondary N) is 1. The molecule has 0 fully saturated rings. The number of nitrogens with zero attached hydrogens (tertiary/aromatic N) is 2. The van der Waals surface area contributed by atoms with Crippen LogP contribution in [0.5, 0.6) is 0 Å². The molecule has 2 heterocycles. The van der Waals surface area contributed by atoms with Crippen LogP contribution in [0.4, 0.5) is 0 Å². The quantitative estimate of drug-likeness (QED) is 0.889. The Labute approximate surface area is 128 Å². The summed E-state index contributed by atoms with van der Waals surface area (Å²) in [5, 5.41) is 19.4. The molecule has 0 radical (unpaired) electrons. The van der Waals surface area contributed by atoms with Gasteiger partial charge in [0.05, 0.1) is 12.2 Å². The van der Waals surface area contributed by atoms with Crippen molar-refractivity contribution in [3.63, 3.8) is 0 Å². The van der Waals surface area contributed by atoms with Crippen LogP contribution >= 0.6 is 11.3 Å². The lowest BCUT2D eigenvalue weighted by Gasteiger charge is -2.23. The van der Waals surface area contributed by atoms with E-state index in [1.165, 1.54) is 11.3 Å². The maximum atomic E-state index is 12.2. The van der Waals surface area contributed by atoms with Crippen molar-refractivity contribution < 1.29 is 9.90 Å². The smallest absolute Gasteiger partial charge is 0.244 e. The Bertz CT molecular complexity index is 617. The average Bonchev–Trinajstić information content (AvgIpc) is 3.05. The van der Waals surface area contributed by atoms with Gasteiger partial charge in [0.25, 0.3) is 0 Å². The van der Waals surface area contributed by atoms with Crippen molar-refractivity contribution in [3.05, 3.63) is 39.8 Å². The summed E-state index contributed by atoms with van der Waals surface area (Å²) in [7, 11) is 0. The summed E-state index contributed by atoms with van der Waals surface area (Å²) in [6.07, 6.45) is 0. The number of carbonyl (C=O) groups is 1. The summed E-state index contributed by atoms with van der Waals surface area (Å²) in [4.78, 5) is 13.1. The van der Waals surface area contributed by atoms with E-state index in [0.717, 1.165) is 16.3 Å². The molecule has 114 valence electrons. The van der Waals surface area contributed by atoms with Crippen LogP contribution in [0.2, 0.25) is 0 Å². The van der Waals surface area contributed by atoms with Crippen molar-refractivity contribution in [2.24, 2.45) is 0 Å². The molecule has 2 aromatic heterocycles. The van der Waals surface area contributed by atoms with Gasteiger partial charge in [-0.2, -0.15) is 5.10 Å². The first kappa shape index (κ1) is 15.7. The third-order valence-electron chi connectivity index (χ3n) is 3.45. The number of aliphatic hydroxyl groups is 1. The number of hydrogen-bond acceptors (Lipinski definition) is 4. The minimum Gasteiger partial charge on any atom is -0.383 e. The molecule has 6 heteroatoms. The molecule has 0 saturated heterocycles. The predicted molar refractivity (Wildman–Crippen MR) is 83.3 cm³/mol. The summed E-state index contributed by atoms with van der Waals surface area (Å²) >= 11 is 1.47. The maximum absolute atomic E-state index is 12.2. The molecule has 0 aliphatic rings. The zero-order valence-electron chi connectivity index (χ0n) is 12.8. The summed E-state index contributed by atoms with van der Waals surface area (Å²) in [6, 6.07) is 5.28. The molecule has 5 nitrogen and oxygen atoms in total. The molecular formula is C15H21N3O2S.